The van der Waals surface area contributed by atoms with Gasteiger partial charge in [-0.2, -0.15) is 0 Å². The molecule has 1 atom stereocenters. The SMILES string of the molecule is CCCNC(c1cc(C)c(OC)c(C)c1)C(C)C. The van der Waals surface area contributed by atoms with E-state index in [9.17, 15) is 0 Å². The summed E-state index contributed by atoms with van der Waals surface area (Å²) < 4.78 is 5.43. The van der Waals surface area contributed by atoms with Crippen molar-refractivity contribution in [2.45, 2.75) is 47.1 Å². The first-order valence-electron chi connectivity index (χ1n) is 6.89. The number of aryl methyl sites for hydroxylation is 2. The van der Waals surface area contributed by atoms with Crippen LogP contribution in [0.3, 0.4) is 0 Å². The van der Waals surface area contributed by atoms with Crippen LogP contribution in [0.1, 0.15) is 49.9 Å². The molecule has 0 aliphatic carbocycles. The second-order valence-electron chi connectivity index (χ2n) is 5.36. The van der Waals surface area contributed by atoms with E-state index in [1.165, 1.54) is 16.7 Å². The largest absolute Gasteiger partial charge is 0.496 e. The second-order valence-corrected chi connectivity index (χ2v) is 5.36. The third-order valence-electron chi connectivity index (χ3n) is 3.33. The molecule has 0 radical (unpaired) electrons. The number of methoxy groups -OCH3 is 1. The molecule has 1 N–H and O–H groups in total. The van der Waals surface area contributed by atoms with E-state index in [0.29, 0.717) is 12.0 Å². The van der Waals surface area contributed by atoms with Crippen molar-refractivity contribution in [3.05, 3.63) is 28.8 Å². The van der Waals surface area contributed by atoms with Crippen molar-refractivity contribution >= 4 is 0 Å². The molecule has 1 unspecified atom stereocenters. The molecule has 18 heavy (non-hydrogen) atoms. The van der Waals surface area contributed by atoms with Crippen LogP contribution in [0.25, 0.3) is 0 Å². The number of ether oxygens (including phenoxy) is 1. The van der Waals surface area contributed by atoms with Crippen molar-refractivity contribution in [3.8, 4) is 5.75 Å². The zero-order valence-electron chi connectivity index (χ0n) is 12.6. The Kier molecular flexibility index (Phi) is 5.67. The summed E-state index contributed by atoms with van der Waals surface area (Å²) in [5.41, 5.74) is 3.81. The van der Waals surface area contributed by atoms with Gasteiger partial charge >= 0.3 is 0 Å². The fraction of sp³-hybridized carbons (Fsp3) is 0.625. The van der Waals surface area contributed by atoms with Gasteiger partial charge in [0.15, 0.2) is 0 Å². The highest BCUT2D eigenvalue weighted by Crippen LogP contribution is 2.30. The quantitative estimate of drug-likeness (QED) is 0.822. The number of benzene rings is 1. The Morgan fingerprint density at radius 3 is 2.11 bits per heavy atom. The fourth-order valence-corrected chi connectivity index (χ4v) is 2.52. The number of hydrogen-bond donors (Lipinski definition) is 1. The zero-order chi connectivity index (χ0) is 13.7. The Balaban J connectivity index is 3.05. The minimum Gasteiger partial charge on any atom is -0.496 e. The average Bonchev–Trinajstić information content (AvgIpc) is 2.28. The van der Waals surface area contributed by atoms with E-state index in [1.54, 1.807) is 7.11 Å². The van der Waals surface area contributed by atoms with Crippen LogP contribution in [0.4, 0.5) is 0 Å². The third-order valence-corrected chi connectivity index (χ3v) is 3.33. The van der Waals surface area contributed by atoms with Gasteiger partial charge in [0.05, 0.1) is 7.11 Å². The molecule has 0 spiro atoms. The summed E-state index contributed by atoms with van der Waals surface area (Å²) in [7, 11) is 1.74. The minimum atomic E-state index is 0.424. The van der Waals surface area contributed by atoms with Gasteiger partial charge in [0, 0.05) is 6.04 Å². The van der Waals surface area contributed by atoms with Crippen molar-refractivity contribution in [2.24, 2.45) is 5.92 Å². The molecule has 102 valence electrons. The van der Waals surface area contributed by atoms with Crippen LogP contribution >= 0.6 is 0 Å². The van der Waals surface area contributed by atoms with Gasteiger partial charge in [-0.1, -0.05) is 32.9 Å². The molecular weight excluding hydrogens is 222 g/mol. The molecule has 0 fully saturated rings. The molecule has 0 aliphatic rings. The maximum absolute atomic E-state index is 5.43. The maximum Gasteiger partial charge on any atom is 0.124 e. The van der Waals surface area contributed by atoms with Crippen molar-refractivity contribution in [3.63, 3.8) is 0 Å². The van der Waals surface area contributed by atoms with Crippen molar-refractivity contribution in [2.75, 3.05) is 13.7 Å². The summed E-state index contributed by atoms with van der Waals surface area (Å²) in [4.78, 5) is 0. The van der Waals surface area contributed by atoms with Gasteiger partial charge in [0.2, 0.25) is 0 Å². The Labute approximate surface area is 112 Å². The average molecular weight is 249 g/mol. The summed E-state index contributed by atoms with van der Waals surface area (Å²) in [6, 6.07) is 4.92. The van der Waals surface area contributed by atoms with Crippen LogP contribution in [-0.4, -0.2) is 13.7 Å². The van der Waals surface area contributed by atoms with Gasteiger partial charge in [0.1, 0.15) is 5.75 Å². The zero-order valence-corrected chi connectivity index (χ0v) is 12.6. The first kappa shape index (κ1) is 15.0. The Morgan fingerprint density at radius 2 is 1.72 bits per heavy atom. The van der Waals surface area contributed by atoms with Crippen LogP contribution in [0.5, 0.6) is 5.75 Å². The predicted molar refractivity (Wildman–Crippen MR) is 78.3 cm³/mol. The maximum atomic E-state index is 5.43. The lowest BCUT2D eigenvalue weighted by molar-refractivity contribution is 0.401. The molecule has 0 bridgehead atoms. The lowest BCUT2D eigenvalue weighted by atomic mass is 9.93. The van der Waals surface area contributed by atoms with E-state index in [0.717, 1.165) is 18.7 Å². The predicted octanol–water partition coefficient (Wildman–Crippen LogP) is 4.01. The monoisotopic (exact) mass is 249 g/mol. The lowest BCUT2D eigenvalue weighted by Gasteiger charge is -2.24. The molecule has 0 heterocycles. The smallest absolute Gasteiger partial charge is 0.124 e. The first-order valence-corrected chi connectivity index (χ1v) is 6.89. The van der Waals surface area contributed by atoms with Crippen molar-refractivity contribution in [1.82, 2.24) is 5.32 Å². The van der Waals surface area contributed by atoms with Gasteiger partial charge in [0.25, 0.3) is 0 Å². The second kappa shape index (κ2) is 6.79. The van der Waals surface area contributed by atoms with Crippen molar-refractivity contribution < 1.29 is 4.74 Å². The summed E-state index contributed by atoms with van der Waals surface area (Å²) in [5, 5.41) is 3.64. The van der Waals surface area contributed by atoms with Gasteiger partial charge < -0.3 is 10.1 Å². The van der Waals surface area contributed by atoms with Gasteiger partial charge in [-0.15, -0.1) is 0 Å². The number of hydrogen-bond acceptors (Lipinski definition) is 2. The summed E-state index contributed by atoms with van der Waals surface area (Å²) in [6.45, 7) is 12.0. The fourth-order valence-electron chi connectivity index (χ4n) is 2.52. The Morgan fingerprint density at radius 1 is 1.17 bits per heavy atom. The molecule has 0 saturated heterocycles. The summed E-state index contributed by atoms with van der Waals surface area (Å²) in [6.07, 6.45) is 1.16. The molecule has 1 aromatic carbocycles. The Hall–Kier alpha value is -1.02. The minimum absolute atomic E-state index is 0.424. The van der Waals surface area contributed by atoms with Crippen LogP contribution in [0.15, 0.2) is 12.1 Å². The molecule has 0 aliphatic heterocycles. The Bertz CT molecular complexity index is 362. The van der Waals surface area contributed by atoms with E-state index in [2.05, 4.69) is 52.1 Å². The molecular formula is C16H27NO. The topological polar surface area (TPSA) is 21.3 Å². The van der Waals surface area contributed by atoms with Crippen molar-refractivity contribution in [1.29, 1.82) is 0 Å². The van der Waals surface area contributed by atoms with Crippen LogP contribution < -0.4 is 10.1 Å². The van der Waals surface area contributed by atoms with E-state index in [1.807, 2.05) is 0 Å². The van der Waals surface area contributed by atoms with Gasteiger partial charge in [-0.3, -0.25) is 0 Å². The van der Waals surface area contributed by atoms with Crippen LogP contribution in [0.2, 0.25) is 0 Å². The molecule has 0 saturated carbocycles. The molecule has 2 heteroatoms. The van der Waals surface area contributed by atoms with Crippen LogP contribution in [-0.2, 0) is 0 Å². The van der Waals surface area contributed by atoms with Crippen LogP contribution in [0, 0.1) is 19.8 Å². The molecule has 2 nitrogen and oxygen atoms in total. The molecule has 1 rings (SSSR count). The highest BCUT2D eigenvalue weighted by Gasteiger charge is 2.17. The lowest BCUT2D eigenvalue weighted by Crippen LogP contribution is -2.26. The van der Waals surface area contributed by atoms with Gasteiger partial charge in [-0.05, 0) is 49.4 Å². The van der Waals surface area contributed by atoms with E-state index in [4.69, 9.17) is 4.74 Å². The number of rotatable bonds is 6. The highest BCUT2D eigenvalue weighted by molar-refractivity contribution is 5.44. The van der Waals surface area contributed by atoms with E-state index >= 15 is 0 Å². The van der Waals surface area contributed by atoms with E-state index in [-0.39, 0.29) is 0 Å². The molecule has 0 aromatic heterocycles. The molecule has 0 amide bonds. The highest BCUT2D eigenvalue weighted by atomic mass is 16.5. The number of nitrogens with one attached hydrogen (secondary N) is 1. The standard InChI is InChI=1S/C16H27NO/c1-7-8-17-15(11(2)3)14-9-12(4)16(18-6)13(5)10-14/h9-11,15,17H,7-8H2,1-6H3. The summed E-state index contributed by atoms with van der Waals surface area (Å²) >= 11 is 0. The summed E-state index contributed by atoms with van der Waals surface area (Å²) in [5.74, 6) is 1.60. The molecule has 1 aromatic rings. The first-order chi connectivity index (χ1) is 8.51. The normalized spacial score (nSPS) is 12.8. The third kappa shape index (κ3) is 3.49. The van der Waals surface area contributed by atoms with Gasteiger partial charge in [-0.25, -0.2) is 0 Å². The van der Waals surface area contributed by atoms with E-state index < -0.39 is 0 Å².